The van der Waals surface area contributed by atoms with Gasteiger partial charge in [0, 0.05) is 23.9 Å². The van der Waals surface area contributed by atoms with Crippen molar-refractivity contribution in [2.45, 2.75) is 9.37 Å². The molecule has 0 unspecified atom stereocenters. The summed E-state index contributed by atoms with van der Waals surface area (Å²) < 4.78 is 5.87. The third-order valence-corrected chi connectivity index (χ3v) is 6.57. The number of ether oxygens (including phenoxy) is 1. The van der Waals surface area contributed by atoms with Crippen LogP contribution in [0.2, 0.25) is 0 Å². The normalized spacial score (nSPS) is 11.1. The first kappa shape index (κ1) is 17.3. The van der Waals surface area contributed by atoms with Gasteiger partial charge < -0.3 is 10.1 Å². The molecule has 0 saturated carbocycles. The number of rotatable bonds is 7. The molecule has 9 heteroatoms. The van der Waals surface area contributed by atoms with Crippen LogP contribution in [0.1, 0.15) is 0 Å². The highest BCUT2D eigenvalue weighted by Crippen LogP contribution is 2.39. The fourth-order valence-corrected chi connectivity index (χ4v) is 5.15. The molecule has 1 N–H and O–H groups in total. The molecule has 0 saturated heterocycles. The first-order valence-electron chi connectivity index (χ1n) is 7.87. The molecule has 6 nitrogen and oxygen atoms in total. The minimum Gasteiger partial charge on any atom is -0.383 e. The molecule has 3 heterocycles. The molecule has 132 valence electrons. The van der Waals surface area contributed by atoms with Crippen molar-refractivity contribution >= 4 is 49.8 Å². The van der Waals surface area contributed by atoms with Crippen molar-refractivity contribution in [3.8, 4) is 10.4 Å². The molecular formula is C17H15N5OS3. The molecule has 4 aromatic rings. The average molecular weight is 402 g/mol. The molecule has 3 aromatic heterocycles. The molecule has 0 spiro atoms. The maximum Gasteiger partial charge on any atom is 0.206 e. The number of benzene rings is 1. The lowest BCUT2D eigenvalue weighted by Crippen LogP contribution is -2.06. The van der Waals surface area contributed by atoms with Gasteiger partial charge in [-0.3, -0.25) is 0 Å². The van der Waals surface area contributed by atoms with Crippen molar-refractivity contribution in [1.29, 1.82) is 0 Å². The summed E-state index contributed by atoms with van der Waals surface area (Å²) in [5, 5.41) is 14.3. The van der Waals surface area contributed by atoms with Crippen molar-refractivity contribution in [3.05, 3.63) is 42.7 Å². The summed E-state index contributed by atoms with van der Waals surface area (Å²) >= 11 is 4.69. The minimum absolute atomic E-state index is 0.631. The molecule has 1 aromatic carbocycles. The van der Waals surface area contributed by atoms with E-state index in [1.165, 1.54) is 33.5 Å². The number of hydrogen-bond acceptors (Lipinski definition) is 9. The predicted octanol–water partition coefficient (Wildman–Crippen LogP) is 4.42. The lowest BCUT2D eigenvalue weighted by Gasteiger charge is -1.99. The highest BCUT2D eigenvalue weighted by Gasteiger charge is 2.13. The van der Waals surface area contributed by atoms with Crippen LogP contribution in [0.25, 0.3) is 20.7 Å². The second-order valence-electron chi connectivity index (χ2n) is 5.27. The summed E-state index contributed by atoms with van der Waals surface area (Å²) in [5.41, 5.74) is 1.19. The van der Waals surface area contributed by atoms with Gasteiger partial charge in [0.15, 0.2) is 4.34 Å². The smallest absolute Gasteiger partial charge is 0.206 e. The molecule has 0 fully saturated rings. The molecule has 0 aliphatic heterocycles. The van der Waals surface area contributed by atoms with E-state index in [1.54, 1.807) is 24.8 Å². The number of hydrogen-bond donors (Lipinski definition) is 1. The van der Waals surface area contributed by atoms with Crippen LogP contribution < -0.4 is 5.32 Å². The van der Waals surface area contributed by atoms with Gasteiger partial charge in [0.25, 0.3) is 0 Å². The Balaban J connectivity index is 1.58. The Bertz CT molecular complexity index is 1000. The first-order chi connectivity index (χ1) is 12.8. The van der Waals surface area contributed by atoms with Crippen molar-refractivity contribution in [2.24, 2.45) is 0 Å². The second kappa shape index (κ2) is 8.09. The Morgan fingerprint density at radius 2 is 2.00 bits per heavy atom. The average Bonchev–Trinajstić information content (AvgIpc) is 3.30. The summed E-state index contributed by atoms with van der Waals surface area (Å²) in [7, 11) is 1.67. The lowest BCUT2D eigenvalue weighted by molar-refractivity contribution is 0.211. The summed E-state index contributed by atoms with van der Waals surface area (Å²) in [5.74, 6) is 0. The van der Waals surface area contributed by atoms with E-state index in [4.69, 9.17) is 4.74 Å². The number of thiophene rings is 1. The second-order valence-corrected chi connectivity index (χ2v) is 8.51. The number of nitrogens with zero attached hydrogens (tertiary/aromatic N) is 4. The Kier molecular flexibility index (Phi) is 5.40. The Labute approximate surface area is 162 Å². The molecule has 0 atom stereocenters. The van der Waals surface area contributed by atoms with Crippen molar-refractivity contribution < 1.29 is 4.74 Å². The molecule has 0 bridgehead atoms. The maximum atomic E-state index is 5.03. The largest absolute Gasteiger partial charge is 0.383 e. The molecular weight excluding hydrogens is 386 g/mol. The zero-order valence-electron chi connectivity index (χ0n) is 13.9. The minimum atomic E-state index is 0.631. The number of anilines is 1. The maximum absolute atomic E-state index is 5.03. The summed E-state index contributed by atoms with van der Waals surface area (Å²) in [6.07, 6.45) is 1.61. The summed E-state index contributed by atoms with van der Waals surface area (Å²) in [6.45, 7) is 1.34. The molecule has 0 radical (unpaired) electrons. The van der Waals surface area contributed by atoms with Crippen LogP contribution in [0.4, 0.5) is 5.13 Å². The molecule has 26 heavy (non-hydrogen) atoms. The van der Waals surface area contributed by atoms with Crippen LogP contribution in [0, 0.1) is 0 Å². The third-order valence-electron chi connectivity index (χ3n) is 3.52. The Hall–Kier alpha value is -2.07. The topological polar surface area (TPSA) is 72.8 Å². The predicted molar refractivity (Wildman–Crippen MR) is 107 cm³/mol. The lowest BCUT2D eigenvalue weighted by atomic mass is 10.2. The van der Waals surface area contributed by atoms with Crippen LogP contribution in [-0.2, 0) is 4.74 Å². The van der Waals surface area contributed by atoms with E-state index in [1.807, 2.05) is 18.2 Å². The Morgan fingerprint density at radius 1 is 1.12 bits per heavy atom. The van der Waals surface area contributed by atoms with Gasteiger partial charge in [-0.05, 0) is 23.4 Å². The van der Waals surface area contributed by atoms with Crippen LogP contribution in [0.3, 0.4) is 0 Å². The van der Waals surface area contributed by atoms with Crippen LogP contribution in [0.15, 0.2) is 52.1 Å². The zero-order chi connectivity index (χ0) is 17.8. The fraction of sp³-hybridized carbons (Fsp3) is 0.176. The Morgan fingerprint density at radius 3 is 2.85 bits per heavy atom. The van der Waals surface area contributed by atoms with Crippen LogP contribution >= 0.6 is 34.4 Å². The van der Waals surface area contributed by atoms with E-state index in [2.05, 4.69) is 43.7 Å². The SMILES string of the molecule is COCCNc1nnc(Sc2ncnc3sc(-c4ccccc4)cc23)s1. The van der Waals surface area contributed by atoms with E-state index >= 15 is 0 Å². The van der Waals surface area contributed by atoms with Gasteiger partial charge in [0.1, 0.15) is 16.2 Å². The fourth-order valence-electron chi connectivity index (χ4n) is 2.33. The number of fused-ring (bicyclic) bond motifs is 1. The van der Waals surface area contributed by atoms with Gasteiger partial charge in [-0.25, -0.2) is 9.97 Å². The highest BCUT2D eigenvalue weighted by molar-refractivity contribution is 8.01. The molecule has 0 aliphatic carbocycles. The van der Waals surface area contributed by atoms with Crippen molar-refractivity contribution in [2.75, 3.05) is 25.6 Å². The quantitative estimate of drug-likeness (QED) is 0.363. The van der Waals surface area contributed by atoms with E-state index in [-0.39, 0.29) is 0 Å². The van der Waals surface area contributed by atoms with Gasteiger partial charge in [0.05, 0.1) is 6.61 Å². The third kappa shape index (κ3) is 3.85. The molecule has 0 amide bonds. The van der Waals surface area contributed by atoms with Gasteiger partial charge in [-0.15, -0.1) is 21.5 Å². The molecule has 4 rings (SSSR count). The van der Waals surface area contributed by atoms with E-state index in [0.717, 1.165) is 24.7 Å². The summed E-state index contributed by atoms with van der Waals surface area (Å²) in [6, 6.07) is 12.5. The van der Waals surface area contributed by atoms with Crippen molar-refractivity contribution in [1.82, 2.24) is 20.2 Å². The van der Waals surface area contributed by atoms with E-state index in [9.17, 15) is 0 Å². The van der Waals surface area contributed by atoms with E-state index < -0.39 is 0 Å². The van der Waals surface area contributed by atoms with Crippen molar-refractivity contribution in [3.63, 3.8) is 0 Å². The van der Waals surface area contributed by atoms with Crippen LogP contribution in [0.5, 0.6) is 0 Å². The monoisotopic (exact) mass is 401 g/mol. The number of nitrogens with one attached hydrogen (secondary N) is 1. The summed E-state index contributed by atoms with van der Waals surface area (Å²) in [4.78, 5) is 11.0. The first-order valence-corrected chi connectivity index (χ1v) is 10.3. The van der Waals surface area contributed by atoms with Gasteiger partial charge >= 0.3 is 0 Å². The van der Waals surface area contributed by atoms with Gasteiger partial charge in [0.2, 0.25) is 5.13 Å². The number of aromatic nitrogens is 4. The van der Waals surface area contributed by atoms with E-state index in [0.29, 0.717) is 13.2 Å². The van der Waals surface area contributed by atoms with Crippen LogP contribution in [-0.4, -0.2) is 40.4 Å². The van der Waals surface area contributed by atoms with Gasteiger partial charge in [-0.2, -0.15) is 0 Å². The molecule has 0 aliphatic rings. The zero-order valence-corrected chi connectivity index (χ0v) is 16.3. The number of methoxy groups -OCH3 is 1. The standard InChI is InChI=1S/C17H15N5OS3/c1-23-8-7-18-16-21-22-17(26-16)25-15-12-9-13(11-5-3-2-4-6-11)24-14(12)19-10-20-15/h2-6,9-10H,7-8H2,1H3,(H,18,21). The highest BCUT2D eigenvalue weighted by atomic mass is 32.2. The van der Waals surface area contributed by atoms with Gasteiger partial charge in [-0.1, -0.05) is 41.7 Å².